The van der Waals surface area contributed by atoms with Gasteiger partial charge in [-0.3, -0.25) is 4.90 Å². The van der Waals surface area contributed by atoms with E-state index in [4.69, 9.17) is 14.2 Å². The molecule has 0 bridgehead atoms. The third-order valence-electron chi connectivity index (χ3n) is 6.17. The first-order valence-corrected chi connectivity index (χ1v) is 10.9. The van der Waals surface area contributed by atoms with Gasteiger partial charge in [-0.25, -0.2) is 0 Å². The van der Waals surface area contributed by atoms with Crippen molar-refractivity contribution in [1.29, 1.82) is 0 Å². The van der Waals surface area contributed by atoms with Gasteiger partial charge in [0.1, 0.15) is 0 Å². The molecule has 0 fully saturated rings. The summed E-state index contributed by atoms with van der Waals surface area (Å²) in [6.45, 7) is 5.11. The number of fused-ring (bicyclic) bond motifs is 1. The number of hydrogen-bond donors (Lipinski definition) is 0. The summed E-state index contributed by atoms with van der Waals surface area (Å²) in [5.41, 5.74) is 5.13. The van der Waals surface area contributed by atoms with Gasteiger partial charge in [0, 0.05) is 31.5 Å². The average molecular weight is 421 g/mol. The van der Waals surface area contributed by atoms with Crippen molar-refractivity contribution in [2.75, 3.05) is 27.9 Å². The number of benzene rings is 2. The summed E-state index contributed by atoms with van der Waals surface area (Å²) >= 11 is 0. The Labute approximate surface area is 185 Å². The minimum Gasteiger partial charge on any atom is -0.493 e. The molecule has 4 rings (SSSR count). The summed E-state index contributed by atoms with van der Waals surface area (Å²) < 4.78 is 19.2. The summed E-state index contributed by atoms with van der Waals surface area (Å²) in [5.74, 6) is 2.00. The van der Waals surface area contributed by atoms with Crippen molar-refractivity contribution in [1.82, 2.24) is 9.47 Å². The van der Waals surface area contributed by atoms with Gasteiger partial charge in [-0.15, -0.1) is 0 Å². The zero-order valence-corrected chi connectivity index (χ0v) is 18.9. The van der Waals surface area contributed by atoms with Crippen molar-refractivity contribution < 1.29 is 14.2 Å². The van der Waals surface area contributed by atoms with Crippen molar-refractivity contribution in [3.8, 4) is 17.2 Å². The standard InChI is InChI=1S/C26H32N2O3/c1-5-19-9-11-20(12-10-19)18-28-15-7-14-27-13-6-8-22(27)25(28)21-16-23(29-2)26(31-4)24(17-21)30-3/h6,8-13,16-17,25H,5,7,14-15,18H2,1-4H3/t25-/m0/s1. The number of nitrogens with zero attached hydrogens (tertiary/aromatic N) is 2. The molecule has 0 saturated heterocycles. The van der Waals surface area contributed by atoms with Crippen LogP contribution in [0, 0.1) is 0 Å². The van der Waals surface area contributed by atoms with Crippen LogP contribution in [-0.2, 0) is 19.5 Å². The first-order valence-electron chi connectivity index (χ1n) is 10.9. The second-order valence-electron chi connectivity index (χ2n) is 7.98. The molecule has 0 N–H and O–H groups in total. The summed E-state index contributed by atoms with van der Waals surface area (Å²) in [7, 11) is 4.98. The first kappa shape index (κ1) is 21.3. The Hall–Kier alpha value is -2.92. The highest BCUT2D eigenvalue weighted by Crippen LogP contribution is 2.43. The summed E-state index contributed by atoms with van der Waals surface area (Å²) in [5, 5.41) is 0. The summed E-state index contributed by atoms with van der Waals surface area (Å²) in [6, 6.07) is 17.6. The molecule has 5 nitrogen and oxygen atoms in total. The zero-order chi connectivity index (χ0) is 21.8. The molecular weight excluding hydrogens is 388 g/mol. The fourth-order valence-corrected chi connectivity index (χ4v) is 4.57. The SMILES string of the molecule is CCc1ccc(CN2CCCn3cccc3[C@@H]2c2cc(OC)c(OC)c(OC)c2)cc1. The minimum atomic E-state index is 0.0945. The maximum atomic E-state index is 5.66. The first-order chi connectivity index (χ1) is 15.2. The molecule has 1 aromatic heterocycles. The molecule has 0 saturated carbocycles. The number of aromatic nitrogens is 1. The lowest BCUT2D eigenvalue weighted by Gasteiger charge is -2.31. The van der Waals surface area contributed by atoms with E-state index in [0.717, 1.165) is 38.0 Å². The van der Waals surface area contributed by atoms with E-state index in [1.54, 1.807) is 21.3 Å². The van der Waals surface area contributed by atoms with Gasteiger partial charge in [0.2, 0.25) is 5.75 Å². The minimum absolute atomic E-state index is 0.0945. The number of hydrogen-bond acceptors (Lipinski definition) is 4. The second-order valence-corrected chi connectivity index (χ2v) is 7.98. The number of ether oxygens (including phenoxy) is 3. The van der Waals surface area contributed by atoms with Gasteiger partial charge in [-0.2, -0.15) is 0 Å². The van der Waals surface area contributed by atoms with E-state index < -0.39 is 0 Å². The molecule has 0 unspecified atom stereocenters. The molecule has 5 heteroatoms. The van der Waals surface area contributed by atoms with E-state index in [1.165, 1.54) is 16.8 Å². The van der Waals surface area contributed by atoms with E-state index in [-0.39, 0.29) is 6.04 Å². The highest BCUT2D eigenvalue weighted by Gasteiger charge is 2.29. The Morgan fingerprint density at radius 1 is 0.871 bits per heavy atom. The monoisotopic (exact) mass is 420 g/mol. The Morgan fingerprint density at radius 2 is 1.55 bits per heavy atom. The normalized spacial score (nSPS) is 16.5. The van der Waals surface area contributed by atoms with Crippen LogP contribution in [0.2, 0.25) is 0 Å². The van der Waals surface area contributed by atoms with Crippen LogP contribution < -0.4 is 14.2 Å². The second kappa shape index (κ2) is 9.48. The fraction of sp³-hybridized carbons (Fsp3) is 0.385. The van der Waals surface area contributed by atoms with Crippen LogP contribution in [0.15, 0.2) is 54.7 Å². The molecule has 0 radical (unpaired) electrons. The Bertz CT molecular complexity index is 985. The van der Waals surface area contributed by atoms with Crippen LogP contribution in [-0.4, -0.2) is 37.3 Å². The quantitative estimate of drug-likeness (QED) is 0.535. The molecule has 0 aliphatic carbocycles. The molecule has 0 spiro atoms. The number of rotatable bonds is 7. The Balaban J connectivity index is 1.78. The van der Waals surface area contributed by atoms with E-state index in [0.29, 0.717) is 17.2 Å². The van der Waals surface area contributed by atoms with Crippen LogP contribution in [0.5, 0.6) is 17.2 Å². The van der Waals surface area contributed by atoms with Crippen molar-refractivity contribution in [3.63, 3.8) is 0 Å². The molecule has 31 heavy (non-hydrogen) atoms. The number of methoxy groups -OCH3 is 3. The molecule has 164 valence electrons. The third kappa shape index (κ3) is 4.28. The van der Waals surface area contributed by atoms with Crippen molar-refractivity contribution in [2.24, 2.45) is 0 Å². The van der Waals surface area contributed by atoms with Gasteiger partial charge in [0.15, 0.2) is 11.5 Å². The Morgan fingerprint density at radius 3 is 2.16 bits per heavy atom. The molecular formula is C26H32N2O3. The lowest BCUT2D eigenvalue weighted by molar-refractivity contribution is 0.219. The van der Waals surface area contributed by atoms with Gasteiger partial charge >= 0.3 is 0 Å². The molecule has 1 aliphatic heterocycles. The van der Waals surface area contributed by atoms with Gasteiger partial charge < -0.3 is 18.8 Å². The van der Waals surface area contributed by atoms with E-state index in [1.807, 2.05) is 0 Å². The van der Waals surface area contributed by atoms with E-state index >= 15 is 0 Å². The number of aryl methyl sites for hydroxylation is 2. The van der Waals surface area contributed by atoms with Crippen molar-refractivity contribution in [2.45, 2.75) is 38.9 Å². The molecule has 0 amide bonds. The van der Waals surface area contributed by atoms with Gasteiger partial charge in [-0.05, 0) is 53.8 Å². The fourth-order valence-electron chi connectivity index (χ4n) is 4.57. The van der Waals surface area contributed by atoms with Crippen LogP contribution >= 0.6 is 0 Å². The summed E-state index contributed by atoms with van der Waals surface area (Å²) in [6.07, 6.45) is 4.35. The largest absolute Gasteiger partial charge is 0.493 e. The third-order valence-corrected chi connectivity index (χ3v) is 6.17. The van der Waals surface area contributed by atoms with Crippen LogP contribution in [0.3, 0.4) is 0 Å². The smallest absolute Gasteiger partial charge is 0.203 e. The van der Waals surface area contributed by atoms with Crippen LogP contribution in [0.4, 0.5) is 0 Å². The molecule has 2 heterocycles. The van der Waals surface area contributed by atoms with Gasteiger partial charge in [0.05, 0.1) is 27.4 Å². The Kier molecular flexibility index (Phi) is 6.52. The molecule has 1 atom stereocenters. The van der Waals surface area contributed by atoms with Crippen molar-refractivity contribution >= 4 is 0 Å². The maximum Gasteiger partial charge on any atom is 0.203 e. The lowest BCUT2D eigenvalue weighted by Crippen LogP contribution is -2.29. The highest BCUT2D eigenvalue weighted by atomic mass is 16.5. The lowest BCUT2D eigenvalue weighted by atomic mass is 9.99. The summed E-state index contributed by atoms with van der Waals surface area (Å²) in [4.78, 5) is 2.56. The van der Waals surface area contributed by atoms with Crippen LogP contribution in [0.25, 0.3) is 0 Å². The van der Waals surface area contributed by atoms with E-state index in [2.05, 4.69) is 71.1 Å². The van der Waals surface area contributed by atoms with Gasteiger partial charge in [0.25, 0.3) is 0 Å². The topological polar surface area (TPSA) is 35.9 Å². The zero-order valence-electron chi connectivity index (χ0n) is 18.9. The molecule has 1 aliphatic rings. The molecule has 3 aromatic rings. The van der Waals surface area contributed by atoms with E-state index in [9.17, 15) is 0 Å². The maximum absolute atomic E-state index is 5.66. The predicted octanol–water partition coefficient (Wildman–Crippen LogP) is 5.07. The molecule has 2 aromatic carbocycles. The highest BCUT2D eigenvalue weighted by molar-refractivity contribution is 5.55. The van der Waals surface area contributed by atoms with Gasteiger partial charge in [-0.1, -0.05) is 31.2 Å². The van der Waals surface area contributed by atoms with Crippen LogP contribution in [0.1, 0.15) is 41.8 Å². The predicted molar refractivity (Wildman–Crippen MR) is 123 cm³/mol. The average Bonchev–Trinajstić information content (AvgIpc) is 3.19. The van der Waals surface area contributed by atoms with Crippen molar-refractivity contribution in [3.05, 3.63) is 77.1 Å².